The predicted molar refractivity (Wildman–Crippen MR) is 87.0 cm³/mol. The summed E-state index contributed by atoms with van der Waals surface area (Å²) in [7, 11) is 0. The van der Waals surface area contributed by atoms with Crippen LogP contribution in [-0.2, 0) is 4.79 Å². The van der Waals surface area contributed by atoms with E-state index in [0.717, 1.165) is 37.6 Å². The molecule has 2 heterocycles. The first-order valence-electron chi connectivity index (χ1n) is 7.36. The second kappa shape index (κ2) is 7.67. The van der Waals surface area contributed by atoms with E-state index in [2.05, 4.69) is 22.5 Å². The Morgan fingerprint density at radius 2 is 2.23 bits per heavy atom. The molecule has 1 fully saturated rings. The number of halogens is 1. The van der Waals surface area contributed by atoms with Crippen molar-refractivity contribution in [3.8, 4) is 11.5 Å². The molecule has 2 N–H and O–H groups in total. The smallest absolute Gasteiger partial charge is 0.231 e. The van der Waals surface area contributed by atoms with E-state index in [4.69, 9.17) is 9.47 Å². The van der Waals surface area contributed by atoms with Crippen LogP contribution < -0.4 is 20.1 Å². The fourth-order valence-corrected chi connectivity index (χ4v) is 2.66. The summed E-state index contributed by atoms with van der Waals surface area (Å²) in [4.78, 5) is 14.4. The number of hydrogen-bond donors (Lipinski definition) is 2. The molecular formula is C15H22ClN3O3. The highest BCUT2D eigenvalue weighted by molar-refractivity contribution is 5.91. The van der Waals surface area contributed by atoms with Gasteiger partial charge in [0.05, 0.1) is 0 Å². The molecule has 2 aliphatic rings. The van der Waals surface area contributed by atoms with Gasteiger partial charge in [0.2, 0.25) is 12.7 Å². The van der Waals surface area contributed by atoms with E-state index >= 15 is 0 Å². The number of carbonyl (C=O) groups excluding carboxylic acids is 1. The number of carbonyl (C=O) groups is 1. The Bertz CT molecular complexity index is 527. The van der Waals surface area contributed by atoms with Crippen LogP contribution >= 0.6 is 12.4 Å². The van der Waals surface area contributed by atoms with Gasteiger partial charge in [-0.05, 0) is 19.1 Å². The summed E-state index contributed by atoms with van der Waals surface area (Å²) < 4.78 is 10.6. The molecule has 1 saturated heterocycles. The maximum absolute atomic E-state index is 12.0. The molecule has 1 aromatic carbocycles. The summed E-state index contributed by atoms with van der Waals surface area (Å²) in [6.07, 6.45) is 0.499. The molecule has 0 saturated carbocycles. The Morgan fingerprint density at radius 3 is 3.05 bits per heavy atom. The van der Waals surface area contributed by atoms with Gasteiger partial charge in [-0.2, -0.15) is 0 Å². The van der Waals surface area contributed by atoms with E-state index in [-0.39, 0.29) is 25.1 Å². The lowest BCUT2D eigenvalue weighted by molar-refractivity contribution is -0.116. The van der Waals surface area contributed by atoms with Gasteiger partial charge in [0.1, 0.15) is 0 Å². The minimum atomic E-state index is 0. The Hall–Kier alpha value is -1.50. The SMILES string of the molecule is C[C@H]1CNCCN1CCC(=O)Nc1ccc2c(c1)OCO2.Cl. The lowest BCUT2D eigenvalue weighted by Gasteiger charge is -2.33. The van der Waals surface area contributed by atoms with Crippen molar-refractivity contribution in [2.75, 3.05) is 38.3 Å². The van der Waals surface area contributed by atoms with Crippen molar-refractivity contribution in [3.05, 3.63) is 18.2 Å². The number of nitrogens with one attached hydrogen (secondary N) is 2. The van der Waals surface area contributed by atoms with Crippen LogP contribution in [0.5, 0.6) is 11.5 Å². The number of nitrogens with zero attached hydrogens (tertiary/aromatic N) is 1. The number of hydrogen-bond acceptors (Lipinski definition) is 5. The molecule has 3 rings (SSSR count). The second-order valence-electron chi connectivity index (χ2n) is 5.46. The van der Waals surface area contributed by atoms with Crippen molar-refractivity contribution in [1.29, 1.82) is 0 Å². The minimum Gasteiger partial charge on any atom is -0.454 e. The third kappa shape index (κ3) is 4.03. The van der Waals surface area contributed by atoms with E-state index in [1.165, 1.54) is 0 Å². The number of ether oxygens (including phenoxy) is 2. The fraction of sp³-hybridized carbons (Fsp3) is 0.533. The van der Waals surface area contributed by atoms with Crippen LogP contribution in [0.25, 0.3) is 0 Å². The van der Waals surface area contributed by atoms with E-state index in [1.54, 1.807) is 6.07 Å². The van der Waals surface area contributed by atoms with Gasteiger partial charge < -0.3 is 20.1 Å². The number of rotatable bonds is 4. The molecule has 0 radical (unpaired) electrons. The van der Waals surface area contributed by atoms with Gasteiger partial charge in [0, 0.05) is 50.4 Å². The van der Waals surface area contributed by atoms with E-state index in [1.807, 2.05) is 12.1 Å². The average Bonchev–Trinajstić information content (AvgIpc) is 2.94. The molecular weight excluding hydrogens is 306 g/mol. The largest absolute Gasteiger partial charge is 0.454 e. The number of fused-ring (bicyclic) bond motifs is 1. The number of anilines is 1. The van der Waals surface area contributed by atoms with Gasteiger partial charge >= 0.3 is 0 Å². The molecule has 0 bridgehead atoms. The van der Waals surface area contributed by atoms with E-state index in [0.29, 0.717) is 18.2 Å². The molecule has 122 valence electrons. The molecule has 0 aliphatic carbocycles. The monoisotopic (exact) mass is 327 g/mol. The van der Waals surface area contributed by atoms with Crippen molar-refractivity contribution in [1.82, 2.24) is 10.2 Å². The molecule has 1 atom stereocenters. The fourth-order valence-electron chi connectivity index (χ4n) is 2.66. The molecule has 1 aromatic rings. The predicted octanol–water partition coefficient (Wildman–Crippen LogP) is 1.46. The summed E-state index contributed by atoms with van der Waals surface area (Å²) in [5.41, 5.74) is 0.748. The first-order chi connectivity index (χ1) is 10.2. The van der Waals surface area contributed by atoms with Gasteiger partial charge in [0.15, 0.2) is 11.5 Å². The Labute approximate surface area is 136 Å². The Morgan fingerprint density at radius 1 is 1.41 bits per heavy atom. The molecule has 1 amide bonds. The van der Waals surface area contributed by atoms with Crippen LogP contribution in [0.4, 0.5) is 5.69 Å². The van der Waals surface area contributed by atoms with Crippen LogP contribution in [0, 0.1) is 0 Å². The summed E-state index contributed by atoms with van der Waals surface area (Å²) in [6, 6.07) is 5.93. The summed E-state index contributed by atoms with van der Waals surface area (Å²) >= 11 is 0. The van der Waals surface area contributed by atoms with Gasteiger partial charge in [-0.25, -0.2) is 0 Å². The summed E-state index contributed by atoms with van der Waals surface area (Å²) in [5, 5.41) is 6.26. The molecule has 2 aliphatic heterocycles. The Kier molecular flexibility index (Phi) is 5.88. The molecule has 22 heavy (non-hydrogen) atoms. The van der Waals surface area contributed by atoms with Gasteiger partial charge in [-0.1, -0.05) is 0 Å². The van der Waals surface area contributed by atoms with E-state index < -0.39 is 0 Å². The first kappa shape index (κ1) is 16.9. The van der Waals surface area contributed by atoms with E-state index in [9.17, 15) is 4.79 Å². The zero-order chi connectivity index (χ0) is 14.7. The normalized spacial score (nSPS) is 20.3. The maximum atomic E-state index is 12.0. The zero-order valence-electron chi connectivity index (χ0n) is 12.6. The number of benzene rings is 1. The van der Waals surface area contributed by atoms with Crippen molar-refractivity contribution in [2.24, 2.45) is 0 Å². The van der Waals surface area contributed by atoms with Crippen LogP contribution in [0.15, 0.2) is 18.2 Å². The average molecular weight is 328 g/mol. The van der Waals surface area contributed by atoms with Crippen molar-refractivity contribution < 1.29 is 14.3 Å². The van der Waals surface area contributed by atoms with Gasteiger partial charge in [-0.15, -0.1) is 12.4 Å². The topological polar surface area (TPSA) is 62.8 Å². The van der Waals surface area contributed by atoms with Crippen LogP contribution in [0.3, 0.4) is 0 Å². The summed E-state index contributed by atoms with van der Waals surface area (Å²) in [6.45, 7) is 6.20. The highest BCUT2D eigenvalue weighted by Crippen LogP contribution is 2.34. The Balaban J connectivity index is 0.00000176. The maximum Gasteiger partial charge on any atom is 0.231 e. The van der Waals surface area contributed by atoms with Crippen LogP contribution in [0.2, 0.25) is 0 Å². The molecule has 6 nitrogen and oxygen atoms in total. The highest BCUT2D eigenvalue weighted by atomic mass is 35.5. The van der Waals surface area contributed by atoms with Crippen molar-refractivity contribution in [3.63, 3.8) is 0 Å². The standard InChI is InChI=1S/C15H21N3O3.ClH/c1-11-9-16-5-7-18(11)6-4-15(19)17-12-2-3-13-14(8-12)21-10-20-13;/h2-3,8,11,16H,4-7,9-10H2,1H3,(H,17,19);1H/t11-;/m0./s1. The molecule has 0 spiro atoms. The molecule has 0 aromatic heterocycles. The zero-order valence-corrected chi connectivity index (χ0v) is 13.4. The minimum absolute atomic E-state index is 0. The number of amides is 1. The van der Waals surface area contributed by atoms with Gasteiger partial charge in [0.25, 0.3) is 0 Å². The highest BCUT2D eigenvalue weighted by Gasteiger charge is 2.19. The quantitative estimate of drug-likeness (QED) is 0.876. The lowest BCUT2D eigenvalue weighted by atomic mass is 10.2. The number of piperazine rings is 1. The van der Waals surface area contributed by atoms with Crippen molar-refractivity contribution in [2.45, 2.75) is 19.4 Å². The van der Waals surface area contributed by atoms with Crippen molar-refractivity contribution >= 4 is 24.0 Å². The van der Waals surface area contributed by atoms with Crippen LogP contribution in [0.1, 0.15) is 13.3 Å². The molecule has 0 unspecified atom stereocenters. The third-order valence-corrected chi connectivity index (χ3v) is 3.92. The lowest BCUT2D eigenvalue weighted by Crippen LogP contribution is -2.50. The summed E-state index contributed by atoms with van der Waals surface area (Å²) in [5.74, 6) is 1.44. The third-order valence-electron chi connectivity index (χ3n) is 3.92. The second-order valence-corrected chi connectivity index (χ2v) is 5.46. The molecule has 7 heteroatoms. The first-order valence-corrected chi connectivity index (χ1v) is 7.36. The van der Waals surface area contributed by atoms with Crippen LogP contribution in [-0.4, -0.2) is 49.8 Å². The van der Waals surface area contributed by atoms with Gasteiger partial charge in [-0.3, -0.25) is 9.69 Å².